The number of carbonyl (C=O) groups is 2. The standard InChI is InChI=1S/C32H29FN2O6/c1-2-34-30(37)22-16-24(28(36)29-27(22)21-8-4-6-10-26(21)40-29)35(17-18-11-13-20(33)14-12-18)31(38)23-15-19-7-3-5-9-25(19)41-32(23)39/h3-13,15-16,20,24,27-29,36H,2,14,17H2,1H3,(H,34,37)/t20?,24-,27+,28+,29+/m1/s1. The molecule has 2 heterocycles. The molecule has 2 N–H and O–H groups in total. The fraction of sp³-hybridized carbons (Fsp3) is 0.281. The molecule has 0 radical (unpaired) electrons. The number of hydrogen-bond donors (Lipinski definition) is 2. The number of alkyl halides is 1. The summed E-state index contributed by atoms with van der Waals surface area (Å²) in [6.45, 7) is 2.14. The molecule has 0 fully saturated rings. The Morgan fingerprint density at radius 3 is 2.71 bits per heavy atom. The molecule has 0 spiro atoms. The Morgan fingerprint density at radius 1 is 1.15 bits per heavy atom. The van der Waals surface area contributed by atoms with Crippen LogP contribution in [-0.4, -0.2) is 59.3 Å². The van der Waals surface area contributed by atoms with Crippen LogP contribution in [0.1, 0.15) is 35.2 Å². The van der Waals surface area contributed by atoms with E-state index in [4.69, 9.17) is 9.15 Å². The largest absolute Gasteiger partial charge is 0.486 e. The van der Waals surface area contributed by atoms with E-state index in [1.54, 1.807) is 55.5 Å². The van der Waals surface area contributed by atoms with Gasteiger partial charge in [0.25, 0.3) is 5.91 Å². The molecule has 210 valence electrons. The minimum atomic E-state index is -1.25. The summed E-state index contributed by atoms with van der Waals surface area (Å²) in [7, 11) is 0. The quantitative estimate of drug-likeness (QED) is 0.447. The van der Waals surface area contributed by atoms with Crippen LogP contribution in [0.3, 0.4) is 0 Å². The van der Waals surface area contributed by atoms with E-state index in [0.717, 1.165) is 5.56 Å². The molecule has 6 rings (SSSR count). The summed E-state index contributed by atoms with van der Waals surface area (Å²) < 4.78 is 25.5. The van der Waals surface area contributed by atoms with Crippen molar-refractivity contribution in [1.82, 2.24) is 10.2 Å². The second-order valence-electron chi connectivity index (χ2n) is 10.4. The lowest BCUT2D eigenvalue weighted by molar-refractivity contribution is -0.118. The first-order chi connectivity index (χ1) is 19.9. The van der Waals surface area contributed by atoms with Gasteiger partial charge >= 0.3 is 5.63 Å². The van der Waals surface area contributed by atoms with E-state index in [1.165, 1.54) is 17.0 Å². The summed E-state index contributed by atoms with van der Waals surface area (Å²) in [5.41, 5.74) is 1.06. The van der Waals surface area contributed by atoms with E-state index in [0.29, 0.717) is 34.4 Å². The van der Waals surface area contributed by atoms with E-state index in [-0.39, 0.29) is 24.4 Å². The molecule has 2 aromatic carbocycles. The predicted octanol–water partition coefficient (Wildman–Crippen LogP) is 3.81. The Labute approximate surface area is 235 Å². The van der Waals surface area contributed by atoms with E-state index < -0.39 is 41.9 Å². The molecule has 1 aliphatic heterocycles. The monoisotopic (exact) mass is 556 g/mol. The van der Waals surface area contributed by atoms with Gasteiger partial charge in [0.05, 0.1) is 12.0 Å². The third-order valence-electron chi connectivity index (χ3n) is 7.79. The predicted molar refractivity (Wildman–Crippen MR) is 150 cm³/mol. The maximum Gasteiger partial charge on any atom is 0.349 e. The molecular weight excluding hydrogens is 527 g/mol. The first-order valence-corrected chi connectivity index (χ1v) is 13.6. The molecule has 3 aliphatic rings. The minimum Gasteiger partial charge on any atom is -0.486 e. The molecule has 0 bridgehead atoms. The summed E-state index contributed by atoms with van der Waals surface area (Å²) in [5, 5.41) is 15.1. The number of aliphatic hydroxyl groups excluding tert-OH is 1. The number of hydrogen-bond acceptors (Lipinski definition) is 6. The number of ether oxygens (including phenoxy) is 1. The Balaban J connectivity index is 1.46. The van der Waals surface area contributed by atoms with Crippen molar-refractivity contribution in [3.63, 3.8) is 0 Å². The number of likely N-dealkylation sites (N-methyl/N-ethyl adjacent to an activating group) is 1. The van der Waals surface area contributed by atoms with Crippen LogP contribution < -0.4 is 15.7 Å². The molecule has 41 heavy (non-hydrogen) atoms. The zero-order valence-corrected chi connectivity index (χ0v) is 22.3. The number of benzene rings is 2. The number of halogens is 1. The maximum absolute atomic E-state index is 14.2. The molecule has 3 aromatic rings. The van der Waals surface area contributed by atoms with Gasteiger partial charge < -0.3 is 24.5 Å². The van der Waals surface area contributed by atoms with Crippen molar-refractivity contribution in [3.8, 4) is 5.75 Å². The summed E-state index contributed by atoms with van der Waals surface area (Å²) in [5.74, 6) is -1.02. The van der Waals surface area contributed by atoms with Gasteiger partial charge in [-0.2, -0.15) is 0 Å². The van der Waals surface area contributed by atoms with Crippen molar-refractivity contribution >= 4 is 22.8 Å². The third-order valence-corrected chi connectivity index (χ3v) is 7.79. The van der Waals surface area contributed by atoms with E-state index in [1.807, 2.05) is 18.2 Å². The van der Waals surface area contributed by atoms with Crippen molar-refractivity contribution in [3.05, 3.63) is 112 Å². The Kier molecular flexibility index (Phi) is 7.05. The van der Waals surface area contributed by atoms with Crippen LogP contribution in [0.15, 0.2) is 99.3 Å². The zero-order chi connectivity index (χ0) is 28.7. The van der Waals surface area contributed by atoms with Crippen molar-refractivity contribution in [2.24, 2.45) is 0 Å². The smallest absolute Gasteiger partial charge is 0.349 e. The average Bonchev–Trinajstić information content (AvgIpc) is 3.37. The van der Waals surface area contributed by atoms with Gasteiger partial charge in [-0.15, -0.1) is 0 Å². The molecule has 2 aliphatic carbocycles. The summed E-state index contributed by atoms with van der Waals surface area (Å²) in [6, 6.07) is 14.6. The number of fused-ring (bicyclic) bond motifs is 4. The molecule has 1 aromatic heterocycles. The van der Waals surface area contributed by atoms with Crippen molar-refractivity contribution in [2.75, 3.05) is 13.1 Å². The second kappa shape index (κ2) is 10.8. The number of aliphatic hydroxyl groups is 1. The average molecular weight is 557 g/mol. The molecule has 2 amide bonds. The number of carbonyl (C=O) groups excluding carboxylic acids is 2. The van der Waals surface area contributed by atoms with Gasteiger partial charge in [-0.05, 0) is 36.8 Å². The Hall–Kier alpha value is -4.50. The van der Waals surface area contributed by atoms with E-state index in [9.17, 15) is 23.9 Å². The number of nitrogens with zero attached hydrogens (tertiary/aromatic N) is 1. The topological polar surface area (TPSA) is 109 Å². The van der Waals surface area contributed by atoms with Crippen LogP contribution in [0.2, 0.25) is 0 Å². The fourth-order valence-corrected chi connectivity index (χ4v) is 5.81. The van der Waals surface area contributed by atoms with Crippen molar-refractivity contribution in [2.45, 2.75) is 43.7 Å². The number of rotatable bonds is 6. The number of para-hydroxylation sites is 2. The van der Waals surface area contributed by atoms with Gasteiger partial charge in [-0.3, -0.25) is 9.59 Å². The first-order valence-electron chi connectivity index (χ1n) is 13.6. The Morgan fingerprint density at radius 2 is 1.93 bits per heavy atom. The normalized spacial score (nSPS) is 24.5. The maximum atomic E-state index is 14.2. The molecule has 9 heteroatoms. The highest BCUT2D eigenvalue weighted by molar-refractivity contribution is 5.98. The number of nitrogens with one attached hydrogen (secondary N) is 1. The number of allylic oxidation sites excluding steroid dienone is 2. The van der Waals surface area contributed by atoms with Gasteiger partial charge in [0.1, 0.15) is 35.3 Å². The summed E-state index contributed by atoms with van der Waals surface area (Å²) in [4.78, 5) is 41.9. The lowest BCUT2D eigenvalue weighted by Gasteiger charge is -2.41. The number of amides is 2. The molecular formula is C32H29FN2O6. The Bertz CT molecular complexity index is 1670. The molecule has 5 atom stereocenters. The lowest BCUT2D eigenvalue weighted by atomic mass is 9.77. The zero-order valence-electron chi connectivity index (χ0n) is 22.3. The highest BCUT2D eigenvalue weighted by atomic mass is 19.1. The van der Waals surface area contributed by atoms with E-state index >= 15 is 0 Å². The van der Waals surface area contributed by atoms with Crippen molar-refractivity contribution in [1.29, 1.82) is 0 Å². The highest BCUT2D eigenvalue weighted by Gasteiger charge is 2.50. The van der Waals surface area contributed by atoms with Gasteiger partial charge in [-0.1, -0.05) is 54.6 Å². The van der Waals surface area contributed by atoms with Gasteiger partial charge in [0.15, 0.2) is 0 Å². The molecule has 1 unspecified atom stereocenters. The van der Waals surface area contributed by atoms with Crippen molar-refractivity contribution < 1.29 is 28.2 Å². The molecule has 0 saturated heterocycles. The lowest BCUT2D eigenvalue weighted by Crippen LogP contribution is -2.56. The SMILES string of the molecule is CCNC(=O)C1=C[C@@H](N(CC2=CCC(F)C=C2)C(=O)c2cc3ccccc3oc2=O)[C@H](O)[C@H]2Oc3ccccc3[C@@H]12. The van der Waals surface area contributed by atoms with Crippen LogP contribution >= 0.6 is 0 Å². The van der Waals surface area contributed by atoms with Crippen LogP contribution in [0.4, 0.5) is 4.39 Å². The van der Waals surface area contributed by atoms with Gasteiger partial charge in [-0.25, -0.2) is 9.18 Å². The molecule has 0 saturated carbocycles. The third kappa shape index (κ3) is 4.86. The van der Waals surface area contributed by atoms with Gasteiger partial charge in [0.2, 0.25) is 5.91 Å². The minimum absolute atomic E-state index is 0.0421. The summed E-state index contributed by atoms with van der Waals surface area (Å²) >= 11 is 0. The summed E-state index contributed by atoms with van der Waals surface area (Å²) in [6.07, 6.45) is 3.18. The van der Waals surface area contributed by atoms with Gasteiger partial charge in [0, 0.05) is 36.0 Å². The highest BCUT2D eigenvalue weighted by Crippen LogP contribution is 2.47. The molecule has 8 nitrogen and oxygen atoms in total. The van der Waals surface area contributed by atoms with Crippen LogP contribution in [0, 0.1) is 0 Å². The van der Waals surface area contributed by atoms with Crippen LogP contribution in [-0.2, 0) is 4.79 Å². The van der Waals surface area contributed by atoms with E-state index in [2.05, 4.69) is 5.32 Å². The fourth-order valence-electron chi connectivity index (χ4n) is 5.81. The second-order valence-corrected chi connectivity index (χ2v) is 10.4. The first kappa shape index (κ1) is 26.7. The van der Waals surface area contributed by atoms with Crippen LogP contribution in [0.25, 0.3) is 11.0 Å². The van der Waals surface area contributed by atoms with Crippen LogP contribution in [0.5, 0.6) is 5.75 Å².